The third-order valence-corrected chi connectivity index (χ3v) is 2.51. The molecule has 0 saturated heterocycles. The van der Waals surface area contributed by atoms with Gasteiger partial charge in [0.05, 0.1) is 12.8 Å². The molecule has 0 spiro atoms. The third kappa shape index (κ3) is 3.39. The van der Waals surface area contributed by atoms with Gasteiger partial charge >= 0.3 is 0 Å². The number of anilines is 1. The number of aliphatic hydroxyl groups excluding tert-OH is 1. The summed E-state index contributed by atoms with van der Waals surface area (Å²) in [5.41, 5.74) is 6.42. The molecule has 0 atom stereocenters. The van der Waals surface area contributed by atoms with Gasteiger partial charge in [0.15, 0.2) is 0 Å². The van der Waals surface area contributed by atoms with Crippen LogP contribution >= 0.6 is 0 Å². The molecule has 104 valence electrons. The summed E-state index contributed by atoms with van der Waals surface area (Å²) >= 11 is 0. The van der Waals surface area contributed by atoms with E-state index in [2.05, 4.69) is 15.6 Å². The van der Waals surface area contributed by atoms with Crippen LogP contribution in [0.15, 0.2) is 30.5 Å². The second-order valence-electron chi connectivity index (χ2n) is 4.06. The highest BCUT2D eigenvalue weighted by Gasteiger charge is 2.07. The lowest BCUT2D eigenvalue weighted by Crippen LogP contribution is -2.19. The van der Waals surface area contributed by atoms with Crippen molar-refractivity contribution in [2.75, 3.05) is 5.32 Å². The van der Waals surface area contributed by atoms with E-state index in [4.69, 9.17) is 10.8 Å². The van der Waals surface area contributed by atoms with E-state index in [-0.39, 0.29) is 19.1 Å². The van der Waals surface area contributed by atoms with Gasteiger partial charge in [-0.05, 0) is 24.3 Å². The van der Waals surface area contributed by atoms with Crippen molar-refractivity contribution < 1.29 is 14.7 Å². The van der Waals surface area contributed by atoms with Gasteiger partial charge in [-0.3, -0.25) is 9.59 Å². The van der Waals surface area contributed by atoms with Crippen molar-refractivity contribution in [1.29, 1.82) is 0 Å². The van der Waals surface area contributed by atoms with Crippen molar-refractivity contribution in [3.05, 3.63) is 41.7 Å². The van der Waals surface area contributed by atoms with Crippen LogP contribution in [-0.4, -0.2) is 31.9 Å². The fourth-order valence-corrected chi connectivity index (χ4v) is 1.55. The number of carbonyl (C=O) groups excluding carboxylic acids is 2. The first kappa shape index (κ1) is 13.7. The van der Waals surface area contributed by atoms with E-state index in [9.17, 15) is 9.59 Å². The highest BCUT2D eigenvalue weighted by atomic mass is 16.3. The Labute approximate surface area is 114 Å². The predicted molar refractivity (Wildman–Crippen MR) is 69.5 cm³/mol. The number of hydrogen-bond donors (Lipinski definition) is 3. The average Bonchev–Trinajstić information content (AvgIpc) is 2.86. The highest BCUT2D eigenvalue weighted by Crippen LogP contribution is 2.09. The van der Waals surface area contributed by atoms with E-state index in [1.165, 1.54) is 23.0 Å². The number of primary amides is 1. The summed E-state index contributed by atoms with van der Waals surface area (Å²) in [7, 11) is 0. The molecular weight excluding hydrogens is 262 g/mol. The van der Waals surface area contributed by atoms with Gasteiger partial charge in [-0.15, -0.1) is 5.10 Å². The molecule has 4 N–H and O–H groups in total. The zero-order valence-electron chi connectivity index (χ0n) is 10.5. The quantitative estimate of drug-likeness (QED) is 0.679. The van der Waals surface area contributed by atoms with Gasteiger partial charge in [0.25, 0.3) is 0 Å². The number of amides is 2. The number of rotatable bonds is 5. The summed E-state index contributed by atoms with van der Waals surface area (Å²) in [5.74, 6) is -0.826. The lowest BCUT2D eigenvalue weighted by atomic mass is 10.2. The molecule has 8 heteroatoms. The zero-order chi connectivity index (χ0) is 14.5. The highest BCUT2D eigenvalue weighted by molar-refractivity contribution is 5.94. The molecule has 0 aliphatic carbocycles. The molecule has 2 amide bonds. The van der Waals surface area contributed by atoms with Crippen LogP contribution in [0.3, 0.4) is 0 Å². The van der Waals surface area contributed by atoms with Crippen LogP contribution in [0.25, 0.3) is 0 Å². The maximum atomic E-state index is 11.7. The number of aromatic nitrogens is 3. The van der Waals surface area contributed by atoms with Crippen molar-refractivity contribution in [3.8, 4) is 0 Å². The molecule has 0 radical (unpaired) electrons. The van der Waals surface area contributed by atoms with Crippen LogP contribution < -0.4 is 11.1 Å². The van der Waals surface area contributed by atoms with Crippen LogP contribution in [-0.2, 0) is 17.9 Å². The molecule has 8 nitrogen and oxygen atoms in total. The maximum Gasteiger partial charge on any atom is 0.248 e. The zero-order valence-corrected chi connectivity index (χ0v) is 10.5. The third-order valence-electron chi connectivity index (χ3n) is 2.51. The first-order valence-corrected chi connectivity index (χ1v) is 5.78. The molecule has 0 aliphatic heterocycles. The van der Waals surface area contributed by atoms with Crippen LogP contribution in [0.4, 0.5) is 5.69 Å². The Morgan fingerprint density at radius 3 is 2.55 bits per heavy atom. The molecule has 1 aromatic carbocycles. The van der Waals surface area contributed by atoms with Crippen molar-refractivity contribution in [1.82, 2.24) is 15.0 Å². The number of carbonyl (C=O) groups is 2. The average molecular weight is 275 g/mol. The van der Waals surface area contributed by atoms with Crippen molar-refractivity contribution in [2.45, 2.75) is 13.2 Å². The summed E-state index contributed by atoms with van der Waals surface area (Å²) in [6, 6.07) is 6.21. The number of aliphatic hydroxyl groups is 1. The Morgan fingerprint density at radius 1 is 1.30 bits per heavy atom. The minimum atomic E-state index is -0.526. The normalized spacial score (nSPS) is 10.2. The van der Waals surface area contributed by atoms with E-state index in [0.29, 0.717) is 16.9 Å². The molecule has 0 bridgehead atoms. The van der Waals surface area contributed by atoms with Crippen molar-refractivity contribution >= 4 is 17.5 Å². The summed E-state index contributed by atoms with van der Waals surface area (Å²) < 4.78 is 1.32. The van der Waals surface area contributed by atoms with E-state index in [0.717, 1.165) is 0 Å². The first-order chi connectivity index (χ1) is 9.58. The molecule has 2 aromatic rings. The largest absolute Gasteiger partial charge is 0.390 e. The van der Waals surface area contributed by atoms with Gasteiger partial charge in [-0.2, -0.15) is 0 Å². The Hall–Kier alpha value is -2.74. The van der Waals surface area contributed by atoms with Crippen molar-refractivity contribution in [2.24, 2.45) is 5.73 Å². The molecule has 1 aromatic heterocycles. The minimum absolute atomic E-state index is 0.0232. The number of nitrogens with zero attached hydrogens (tertiary/aromatic N) is 3. The maximum absolute atomic E-state index is 11.7. The molecule has 2 rings (SSSR count). The van der Waals surface area contributed by atoms with Gasteiger partial charge in [-0.25, -0.2) is 4.68 Å². The Balaban J connectivity index is 1.95. The monoisotopic (exact) mass is 275 g/mol. The van der Waals surface area contributed by atoms with Crippen LogP contribution in [0, 0.1) is 0 Å². The van der Waals surface area contributed by atoms with E-state index in [1.807, 2.05) is 0 Å². The van der Waals surface area contributed by atoms with E-state index in [1.54, 1.807) is 12.1 Å². The lowest BCUT2D eigenvalue weighted by molar-refractivity contribution is -0.116. The van der Waals surface area contributed by atoms with E-state index < -0.39 is 5.91 Å². The fourth-order valence-electron chi connectivity index (χ4n) is 1.55. The summed E-state index contributed by atoms with van der Waals surface area (Å²) in [6.45, 7) is -0.249. The predicted octanol–water partition coefficient (Wildman–Crippen LogP) is -0.492. The van der Waals surface area contributed by atoms with Crippen LogP contribution in [0.5, 0.6) is 0 Å². The van der Waals surface area contributed by atoms with Gasteiger partial charge in [0.2, 0.25) is 11.8 Å². The topological polar surface area (TPSA) is 123 Å². The molecule has 0 saturated carbocycles. The Morgan fingerprint density at radius 2 is 2.00 bits per heavy atom. The smallest absolute Gasteiger partial charge is 0.248 e. The number of nitrogens with two attached hydrogens (primary N) is 1. The summed E-state index contributed by atoms with van der Waals surface area (Å²) in [4.78, 5) is 22.6. The molecule has 0 fully saturated rings. The Kier molecular flexibility index (Phi) is 4.06. The van der Waals surface area contributed by atoms with Gasteiger partial charge in [0.1, 0.15) is 12.2 Å². The molecule has 0 unspecified atom stereocenters. The second kappa shape index (κ2) is 5.93. The van der Waals surface area contributed by atoms with Crippen LogP contribution in [0.2, 0.25) is 0 Å². The molecule has 0 aliphatic rings. The number of nitrogens with one attached hydrogen (secondary N) is 1. The lowest BCUT2D eigenvalue weighted by Gasteiger charge is -2.05. The van der Waals surface area contributed by atoms with Crippen LogP contribution in [0.1, 0.15) is 16.1 Å². The van der Waals surface area contributed by atoms with Gasteiger partial charge in [-0.1, -0.05) is 5.21 Å². The first-order valence-electron chi connectivity index (χ1n) is 5.78. The minimum Gasteiger partial charge on any atom is -0.390 e. The fraction of sp³-hybridized carbons (Fsp3) is 0.167. The number of hydrogen-bond acceptors (Lipinski definition) is 5. The Bertz CT molecular complexity index is 620. The summed E-state index contributed by atoms with van der Waals surface area (Å²) in [6.07, 6.45) is 1.48. The van der Waals surface area contributed by atoms with E-state index >= 15 is 0 Å². The standard InChI is InChI=1S/C12H13N5O3/c13-12(20)8-1-3-9(4-2-8)14-11(19)6-17-5-10(7-18)15-16-17/h1-5,18H,6-7H2,(H2,13,20)(H,14,19). The molecule has 20 heavy (non-hydrogen) atoms. The number of benzene rings is 1. The van der Waals surface area contributed by atoms with Crippen molar-refractivity contribution in [3.63, 3.8) is 0 Å². The SMILES string of the molecule is NC(=O)c1ccc(NC(=O)Cn2cc(CO)nn2)cc1. The van der Waals surface area contributed by atoms with Gasteiger partial charge in [0, 0.05) is 11.3 Å². The molecule has 1 heterocycles. The second-order valence-corrected chi connectivity index (χ2v) is 4.06. The van der Waals surface area contributed by atoms with Gasteiger partial charge < -0.3 is 16.2 Å². The molecular formula is C12H13N5O3. The summed E-state index contributed by atoms with van der Waals surface area (Å²) in [5, 5.41) is 18.8.